The van der Waals surface area contributed by atoms with Gasteiger partial charge in [0.05, 0.1) is 26.4 Å². The van der Waals surface area contributed by atoms with Crippen molar-refractivity contribution in [1.82, 2.24) is 10.6 Å². The van der Waals surface area contributed by atoms with Crippen LogP contribution in [0.1, 0.15) is 25.0 Å². The van der Waals surface area contributed by atoms with E-state index >= 15 is 0 Å². The van der Waals surface area contributed by atoms with Gasteiger partial charge in [0, 0.05) is 19.2 Å². The highest BCUT2D eigenvalue weighted by atomic mass is 16.5. The molecule has 0 saturated carbocycles. The van der Waals surface area contributed by atoms with Crippen LogP contribution in [0.2, 0.25) is 0 Å². The Kier molecular flexibility index (Phi) is 6.50. The maximum atomic E-state index is 5.59. The van der Waals surface area contributed by atoms with Crippen LogP contribution >= 0.6 is 0 Å². The molecule has 0 amide bonds. The van der Waals surface area contributed by atoms with Gasteiger partial charge in [0.25, 0.3) is 0 Å². The number of hydrogen-bond donors (Lipinski definition) is 2. The van der Waals surface area contributed by atoms with E-state index in [1.165, 1.54) is 11.1 Å². The summed E-state index contributed by atoms with van der Waals surface area (Å²) in [5.74, 6) is 0.890. The third kappa shape index (κ3) is 5.73. The Morgan fingerprint density at radius 1 is 1.29 bits per heavy atom. The van der Waals surface area contributed by atoms with Crippen LogP contribution in [0, 0.1) is 0 Å². The standard InChI is InChI=1S/C16H25N3O2/c1-3-20-7-8-21-12-15-6-4-5-14(9-15)11-18-16-17-10-13(2)19-16/h4-6,9,13H,3,7-8,10-12H2,1-2H3,(H2,17,18,19). The van der Waals surface area contributed by atoms with E-state index in [4.69, 9.17) is 9.47 Å². The van der Waals surface area contributed by atoms with Gasteiger partial charge in [0.15, 0.2) is 5.96 Å². The second kappa shape index (κ2) is 8.64. The minimum Gasteiger partial charge on any atom is -0.379 e. The molecular formula is C16H25N3O2. The van der Waals surface area contributed by atoms with Crippen LogP contribution in [-0.4, -0.2) is 38.4 Å². The Balaban J connectivity index is 1.72. The number of aliphatic imine (C=N–C) groups is 1. The molecule has 0 saturated heterocycles. The molecule has 1 heterocycles. The van der Waals surface area contributed by atoms with E-state index in [-0.39, 0.29) is 0 Å². The lowest BCUT2D eigenvalue weighted by Gasteiger charge is -2.10. The topological polar surface area (TPSA) is 54.9 Å². The molecule has 1 aromatic rings. The molecule has 116 valence electrons. The first-order valence-electron chi connectivity index (χ1n) is 7.56. The van der Waals surface area contributed by atoms with E-state index in [1.807, 2.05) is 6.92 Å². The third-order valence-corrected chi connectivity index (χ3v) is 3.20. The maximum Gasteiger partial charge on any atom is 0.191 e. The molecule has 2 rings (SSSR count). The summed E-state index contributed by atoms with van der Waals surface area (Å²) < 4.78 is 10.8. The van der Waals surface area contributed by atoms with Gasteiger partial charge in [-0.15, -0.1) is 0 Å². The summed E-state index contributed by atoms with van der Waals surface area (Å²) in [6.07, 6.45) is 0. The molecule has 0 radical (unpaired) electrons. The first kappa shape index (κ1) is 15.8. The zero-order valence-corrected chi connectivity index (χ0v) is 12.9. The molecule has 1 aliphatic rings. The maximum absolute atomic E-state index is 5.59. The SMILES string of the molecule is CCOCCOCc1cccc(CNC2=NCC(C)N2)c1. The molecule has 5 heteroatoms. The van der Waals surface area contributed by atoms with Crippen molar-refractivity contribution in [3.63, 3.8) is 0 Å². The number of rotatable bonds is 8. The molecule has 1 unspecified atom stereocenters. The van der Waals surface area contributed by atoms with Crippen molar-refractivity contribution in [1.29, 1.82) is 0 Å². The van der Waals surface area contributed by atoms with Crippen LogP contribution in [0.4, 0.5) is 0 Å². The largest absolute Gasteiger partial charge is 0.379 e. The monoisotopic (exact) mass is 291 g/mol. The van der Waals surface area contributed by atoms with Crippen molar-refractivity contribution in [2.75, 3.05) is 26.4 Å². The van der Waals surface area contributed by atoms with Crippen LogP contribution in [0.3, 0.4) is 0 Å². The summed E-state index contributed by atoms with van der Waals surface area (Å²) in [4.78, 5) is 4.39. The molecule has 0 bridgehead atoms. The van der Waals surface area contributed by atoms with Crippen LogP contribution in [0.5, 0.6) is 0 Å². The average Bonchev–Trinajstić information content (AvgIpc) is 2.91. The Bertz CT molecular complexity index is 463. The number of benzene rings is 1. The summed E-state index contributed by atoms with van der Waals surface area (Å²) in [5.41, 5.74) is 2.41. The number of ether oxygens (including phenoxy) is 2. The summed E-state index contributed by atoms with van der Waals surface area (Å²) in [5, 5.41) is 6.61. The van der Waals surface area contributed by atoms with Gasteiger partial charge in [-0.05, 0) is 25.0 Å². The molecule has 1 aliphatic heterocycles. The first-order valence-corrected chi connectivity index (χ1v) is 7.56. The smallest absolute Gasteiger partial charge is 0.191 e. The van der Waals surface area contributed by atoms with Gasteiger partial charge in [0.2, 0.25) is 0 Å². The summed E-state index contributed by atoms with van der Waals surface area (Å²) in [6, 6.07) is 8.84. The highest BCUT2D eigenvalue weighted by Gasteiger charge is 2.11. The van der Waals surface area contributed by atoms with E-state index in [1.54, 1.807) is 0 Å². The second-order valence-corrected chi connectivity index (χ2v) is 5.16. The molecule has 0 aromatic heterocycles. The number of nitrogens with one attached hydrogen (secondary N) is 2. The highest BCUT2D eigenvalue weighted by Crippen LogP contribution is 2.07. The summed E-state index contributed by atoms with van der Waals surface area (Å²) in [7, 11) is 0. The van der Waals surface area contributed by atoms with Gasteiger partial charge < -0.3 is 20.1 Å². The fourth-order valence-corrected chi connectivity index (χ4v) is 2.13. The molecule has 0 spiro atoms. The van der Waals surface area contributed by atoms with Gasteiger partial charge in [0.1, 0.15) is 0 Å². The zero-order chi connectivity index (χ0) is 14.9. The average molecular weight is 291 g/mol. The Morgan fingerprint density at radius 3 is 2.86 bits per heavy atom. The molecule has 5 nitrogen and oxygen atoms in total. The Morgan fingerprint density at radius 2 is 2.10 bits per heavy atom. The van der Waals surface area contributed by atoms with Crippen LogP contribution in [0.15, 0.2) is 29.3 Å². The van der Waals surface area contributed by atoms with Gasteiger partial charge in [-0.25, -0.2) is 0 Å². The Hall–Kier alpha value is -1.59. The second-order valence-electron chi connectivity index (χ2n) is 5.16. The minimum atomic E-state index is 0.428. The first-order chi connectivity index (χ1) is 10.3. The van der Waals surface area contributed by atoms with Crippen molar-refractivity contribution in [3.05, 3.63) is 35.4 Å². The van der Waals surface area contributed by atoms with Crippen molar-refractivity contribution in [3.8, 4) is 0 Å². The van der Waals surface area contributed by atoms with Crippen molar-refractivity contribution in [2.45, 2.75) is 33.0 Å². The van der Waals surface area contributed by atoms with Crippen molar-refractivity contribution in [2.24, 2.45) is 4.99 Å². The Labute approximate surface area is 126 Å². The number of nitrogens with zero attached hydrogens (tertiary/aromatic N) is 1. The number of guanidine groups is 1. The zero-order valence-electron chi connectivity index (χ0n) is 12.9. The molecule has 0 fully saturated rings. The molecule has 2 N–H and O–H groups in total. The quantitative estimate of drug-likeness (QED) is 0.716. The predicted octanol–water partition coefficient (Wildman–Crippen LogP) is 1.68. The molecule has 1 atom stereocenters. The van der Waals surface area contributed by atoms with Crippen molar-refractivity contribution < 1.29 is 9.47 Å². The minimum absolute atomic E-state index is 0.428. The van der Waals surface area contributed by atoms with E-state index in [2.05, 4.69) is 46.8 Å². The van der Waals surface area contributed by atoms with Gasteiger partial charge in [-0.2, -0.15) is 0 Å². The fourth-order valence-electron chi connectivity index (χ4n) is 2.13. The normalized spacial score (nSPS) is 17.4. The van der Waals surface area contributed by atoms with Gasteiger partial charge in [-0.3, -0.25) is 4.99 Å². The number of hydrogen-bond acceptors (Lipinski definition) is 5. The summed E-state index contributed by atoms with van der Waals surface area (Å²) >= 11 is 0. The highest BCUT2D eigenvalue weighted by molar-refractivity contribution is 5.81. The lowest BCUT2D eigenvalue weighted by atomic mass is 10.1. The summed E-state index contributed by atoms with van der Waals surface area (Å²) in [6.45, 7) is 8.37. The van der Waals surface area contributed by atoms with E-state index in [0.717, 1.165) is 25.7 Å². The van der Waals surface area contributed by atoms with Crippen LogP contribution in [-0.2, 0) is 22.6 Å². The van der Waals surface area contributed by atoms with E-state index in [9.17, 15) is 0 Å². The van der Waals surface area contributed by atoms with E-state index < -0.39 is 0 Å². The molecular weight excluding hydrogens is 266 g/mol. The van der Waals surface area contributed by atoms with Gasteiger partial charge in [-0.1, -0.05) is 24.3 Å². The van der Waals surface area contributed by atoms with Gasteiger partial charge >= 0.3 is 0 Å². The molecule has 21 heavy (non-hydrogen) atoms. The van der Waals surface area contributed by atoms with Crippen LogP contribution in [0.25, 0.3) is 0 Å². The predicted molar refractivity (Wildman–Crippen MR) is 84.3 cm³/mol. The lowest BCUT2D eigenvalue weighted by molar-refractivity contribution is 0.0453. The molecule has 1 aromatic carbocycles. The van der Waals surface area contributed by atoms with Crippen molar-refractivity contribution >= 4 is 5.96 Å². The fraction of sp³-hybridized carbons (Fsp3) is 0.562. The molecule has 0 aliphatic carbocycles. The lowest BCUT2D eigenvalue weighted by Crippen LogP contribution is -2.37. The van der Waals surface area contributed by atoms with E-state index in [0.29, 0.717) is 25.9 Å². The van der Waals surface area contributed by atoms with Crippen LogP contribution < -0.4 is 10.6 Å². The third-order valence-electron chi connectivity index (χ3n) is 3.20.